The molecule has 1 atom stereocenters. The Morgan fingerprint density at radius 1 is 1.26 bits per heavy atom. The van der Waals surface area contributed by atoms with Gasteiger partial charge in [-0.25, -0.2) is 4.98 Å². The molecule has 0 bridgehead atoms. The molecule has 1 unspecified atom stereocenters. The van der Waals surface area contributed by atoms with Gasteiger partial charge in [0.1, 0.15) is 5.82 Å². The number of halogens is 1. The van der Waals surface area contributed by atoms with Crippen molar-refractivity contribution in [2.45, 2.75) is 12.3 Å². The summed E-state index contributed by atoms with van der Waals surface area (Å²) in [4.78, 5) is 6.78. The molecule has 1 aromatic carbocycles. The van der Waals surface area contributed by atoms with Gasteiger partial charge in [-0.3, -0.25) is 0 Å². The van der Waals surface area contributed by atoms with Gasteiger partial charge in [-0.1, -0.05) is 18.2 Å². The summed E-state index contributed by atoms with van der Waals surface area (Å²) in [7, 11) is 0. The number of aromatic nitrogens is 1. The van der Waals surface area contributed by atoms with E-state index in [1.165, 1.54) is 11.3 Å². The number of hydrogen-bond acceptors (Lipinski definition) is 3. The number of fused-ring (bicyclic) bond motifs is 1. The van der Waals surface area contributed by atoms with Crippen LogP contribution in [0.3, 0.4) is 0 Å². The van der Waals surface area contributed by atoms with Crippen LogP contribution in [0.15, 0.2) is 47.1 Å². The van der Waals surface area contributed by atoms with Crippen LogP contribution in [0.5, 0.6) is 0 Å². The average molecular weight is 318 g/mol. The first-order valence-corrected chi connectivity index (χ1v) is 7.27. The number of para-hydroxylation sites is 1. The SMILES string of the molecule is NCCC1CN(c2ncccc2Br)c2ccccc21. The Morgan fingerprint density at radius 2 is 2.11 bits per heavy atom. The monoisotopic (exact) mass is 317 g/mol. The van der Waals surface area contributed by atoms with Crippen molar-refractivity contribution in [1.29, 1.82) is 0 Å². The number of anilines is 2. The van der Waals surface area contributed by atoms with Gasteiger partial charge in [0.25, 0.3) is 0 Å². The molecule has 2 N–H and O–H groups in total. The normalized spacial score (nSPS) is 17.6. The molecule has 1 aliphatic heterocycles. The van der Waals surface area contributed by atoms with Crippen LogP contribution in [0.25, 0.3) is 0 Å². The van der Waals surface area contributed by atoms with E-state index < -0.39 is 0 Å². The lowest BCUT2D eigenvalue weighted by molar-refractivity contribution is 0.667. The van der Waals surface area contributed by atoms with E-state index in [1.807, 2.05) is 18.3 Å². The molecule has 0 aliphatic carbocycles. The Labute approximate surface area is 121 Å². The molecule has 2 aromatic rings. The van der Waals surface area contributed by atoms with Crippen LogP contribution < -0.4 is 10.6 Å². The quantitative estimate of drug-likeness (QED) is 0.943. The summed E-state index contributed by atoms with van der Waals surface area (Å²) in [6.45, 7) is 1.67. The minimum Gasteiger partial charge on any atom is -0.330 e. The second-order valence-electron chi connectivity index (χ2n) is 4.75. The van der Waals surface area contributed by atoms with Gasteiger partial charge in [0.2, 0.25) is 0 Å². The van der Waals surface area contributed by atoms with Crippen molar-refractivity contribution in [3.63, 3.8) is 0 Å². The first kappa shape index (κ1) is 12.6. The fourth-order valence-electron chi connectivity index (χ4n) is 2.72. The van der Waals surface area contributed by atoms with E-state index in [-0.39, 0.29) is 0 Å². The smallest absolute Gasteiger partial charge is 0.147 e. The largest absolute Gasteiger partial charge is 0.330 e. The highest BCUT2D eigenvalue weighted by atomic mass is 79.9. The van der Waals surface area contributed by atoms with E-state index in [4.69, 9.17) is 5.73 Å². The lowest BCUT2D eigenvalue weighted by atomic mass is 9.98. The highest BCUT2D eigenvalue weighted by Crippen LogP contribution is 2.42. The van der Waals surface area contributed by atoms with Crippen molar-refractivity contribution in [1.82, 2.24) is 4.98 Å². The van der Waals surface area contributed by atoms with Crippen LogP contribution in [-0.2, 0) is 0 Å². The fraction of sp³-hybridized carbons (Fsp3) is 0.267. The summed E-state index contributed by atoms with van der Waals surface area (Å²) in [5, 5.41) is 0. The third-order valence-electron chi connectivity index (χ3n) is 3.58. The van der Waals surface area contributed by atoms with E-state index in [1.54, 1.807) is 0 Å². The third kappa shape index (κ3) is 2.26. The van der Waals surface area contributed by atoms with Crippen molar-refractivity contribution < 1.29 is 0 Å². The molecule has 0 amide bonds. The Bertz CT molecular complexity index is 585. The second kappa shape index (κ2) is 5.31. The van der Waals surface area contributed by atoms with Crippen LogP contribution in [0.1, 0.15) is 17.9 Å². The van der Waals surface area contributed by atoms with Gasteiger partial charge in [0.05, 0.1) is 4.47 Å². The van der Waals surface area contributed by atoms with Crippen LogP contribution in [0.4, 0.5) is 11.5 Å². The molecule has 4 heteroatoms. The molecule has 0 spiro atoms. The Balaban J connectivity index is 2.03. The molecule has 19 heavy (non-hydrogen) atoms. The Kier molecular flexibility index (Phi) is 3.53. The van der Waals surface area contributed by atoms with E-state index in [9.17, 15) is 0 Å². The Hall–Kier alpha value is -1.39. The predicted molar refractivity (Wildman–Crippen MR) is 81.8 cm³/mol. The first-order valence-electron chi connectivity index (χ1n) is 6.48. The molecular weight excluding hydrogens is 302 g/mol. The van der Waals surface area contributed by atoms with Crippen LogP contribution >= 0.6 is 15.9 Å². The summed E-state index contributed by atoms with van der Waals surface area (Å²) in [6, 6.07) is 12.5. The van der Waals surface area contributed by atoms with Crippen molar-refractivity contribution in [3.8, 4) is 0 Å². The zero-order chi connectivity index (χ0) is 13.2. The number of nitrogens with two attached hydrogens (primary N) is 1. The molecule has 3 rings (SSSR count). The highest BCUT2D eigenvalue weighted by Gasteiger charge is 2.29. The molecule has 0 radical (unpaired) electrons. The van der Waals surface area contributed by atoms with Crippen LogP contribution in [0, 0.1) is 0 Å². The highest BCUT2D eigenvalue weighted by molar-refractivity contribution is 9.10. The summed E-state index contributed by atoms with van der Waals surface area (Å²) < 4.78 is 1.03. The number of nitrogens with zero attached hydrogens (tertiary/aromatic N) is 2. The summed E-state index contributed by atoms with van der Waals surface area (Å²) in [5.41, 5.74) is 8.37. The lowest BCUT2D eigenvalue weighted by Crippen LogP contribution is -2.18. The van der Waals surface area contributed by atoms with Gasteiger partial charge < -0.3 is 10.6 Å². The van der Waals surface area contributed by atoms with E-state index >= 15 is 0 Å². The molecular formula is C15H16BrN3. The maximum atomic E-state index is 5.74. The molecule has 1 aromatic heterocycles. The minimum absolute atomic E-state index is 0.495. The zero-order valence-corrected chi connectivity index (χ0v) is 12.2. The number of pyridine rings is 1. The Morgan fingerprint density at radius 3 is 2.89 bits per heavy atom. The van der Waals surface area contributed by atoms with E-state index in [2.05, 4.69) is 50.1 Å². The van der Waals surface area contributed by atoms with Crippen molar-refractivity contribution >= 4 is 27.4 Å². The topological polar surface area (TPSA) is 42.1 Å². The lowest BCUT2D eigenvalue weighted by Gasteiger charge is -2.20. The second-order valence-corrected chi connectivity index (χ2v) is 5.61. The summed E-state index contributed by atoms with van der Waals surface area (Å²) in [5.74, 6) is 1.48. The van der Waals surface area contributed by atoms with Crippen molar-refractivity contribution in [2.24, 2.45) is 5.73 Å². The number of rotatable bonds is 3. The van der Waals surface area contributed by atoms with Gasteiger partial charge in [-0.05, 0) is 52.7 Å². The van der Waals surface area contributed by atoms with Crippen LogP contribution in [0.2, 0.25) is 0 Å². The molecule has 0 saturated carbocycles. The molecule has 0 fully saturated rings. The molecule has 3 nitrogen and oxygen atoms in total. The fourth-order valence-corrected chi connectivity index (χ4v) is 3.19. The maximum Gasteiger partial charge on any atom is 0.147 e. The van der Waals surface area contributed by atoms with Gasteiger partial charge in [-0.2, -0.15) is 0 Å². The van der Waals surface area contributed by atoms with Gasteiger partial charge in [-0.15, -0.1) is 0 Å². The zero-order valence-electron chi connectivity index (χ0n) is 10.6. The van der Waals surface area contributed by atoms with E-state index in [0.717, 1.165) is 29.8 Å². The number of benzene rings is 1. The minimum atomic E-state index is 0.495. The maximum absolute atomic E-state index is 5.74. The van der Waals surface area contributed by atoms with Crippen LogP contribution in [-0.4, -0.2) is 18.1 Å². The summed E-state index contributed by atoms with van der Waals surface area (Å²) >= 11 is 3.59. The molecule has 0 saturated heterocycles. The number of hydrogen-bond donors (Lipinski definition) is 1. The van der Waals surface area contributed by atoms with Crippen molar-refractivity contribution in [3.05, 3.63) is 52.6 Å². The van der Waals surface area contributed by atoms with Gasteiger partial charge in [0.15, 0.2) is 0 Å². The van der Waals surface area contributed by atoms with Gasteiger partial charge >= 0.3 is 0 Å². The van der Waals surface area contributed by atoms with Crippen molar-refractivity contribution in [2.75, 3.05) is 18.0 Å². The summed E-state index contributed by atoms with van der Waals surface area (Å²) in [6.07, 6.45) is 2.84. The van der Waals surface area contributed by atoms with E-state index in [0.29, 0.717) is 5.92 Å². The average Bonchev–Trinajstić information content (AvgIpc) is 2.79. The standard InChI is InChI=1S/C15H16BrN3/c16-13-5-3-9-18-15(13)19-10-11(7-8-17)12-4-1-2-6-14(12)19/h1-6,9,11H,7-8,10,17H2. The first-order chi connectivity index (χ1) is 9.31. The molecule has 98 valence electrons. The third-order valence-corrected chi connectivity index (χ3v) is 4.20. The van der Waals surface area contributed by atoms with Gasteiger partial charge in [0, 0.05) is 24.3 Å². The predicted octanol–water partition coefficient (Wildman–Crippen LogP) is 3.43. The molecule has 1 aliphatic rings. The molecule has 2 heterocycles.